The molecule has 1 nitrogen and oxygen atoms in total. The molecule has 0 radical (unpaired) electrons. The van der Waals surface area contributed by atoms with Crippen molar-refractivity contribution in [1.82, 2.24) is 0 Å². The van der Waals surface area contributed by atoms with Crippen LogP contribution in [0.25, 0.3) is 10.1 Å². The summed E-state index contributed by atoms with van der Waals surface area (Å²) < 4.78 is 2.65. The quantitative estimate of drug-likeness (QED) is 0.803. The minimum atomic E-state index is 0.650. The third kappa shape index (κ3) is 1.26. The molecule has 0 saturated carbocycles. The maximum Gasteiger partial charge on any atom is 0.0361 e. The molecule has 1 heterocycles. The molecule has 2 N–H and O–H groups in total. The summed E-state index contributed by atoms with van der Waals surface area (Å²) in [6.45, 7) is 0.650. The van der Waals surface area contributed by atoms with Gasteiger partial charge in [0, 0.05) is 25.1 Å². The molecule has 3 heteroatoms. The lowest BCUT2D eigenvalue weighted by Gasteiger charge is -1.89. The highest BCUT2D eigenvalue weighted by Gasteiger charge is 2.06. The first-order valence-electron chi connectivity index (χ1n) is 3.69. The zero-order chi connectivity index (χ0) is 8.55. The van der Waals surface area contributed by atoms with Gasteiger partial charge in [0.1, 0.15) is 0 Å². The highest BCUT2D eigenvalue weighted by atomic mass is 127. The summed E-state index contributed by atoms with van der Waals surface area (Å²) in [6.07, 6.45) is 0. The zero-order valence-electron chi connectivity index (χ0n) is 6.38. The molecule has 12 heavy (non-hydrogen) atoms. The second kappa shape index (κ2) is 3.32. The van der Waals surface area contributed by atoms with Crippen LogP contribution in [-0.4, -0.2) is 0 Å². The summed E-state index contributed by atoms with van der Waals surface area (Å²) in [4.78, 5) is 1.29. The predicted octanol–water partition coefficient (Wildman–Crippen LogP) is 2.96. The van der Waals surface area contributed by atoms with Crippen molar-refractivity contribution in [3.05, 3.63) is 32.7 Å². The Balaban J connectivity index is 2.78. The Morgan fingerprint density at radius 2 is 2.08 bits per heavy atom. The van der Waals surface area contributed by atoms with Crippen LogP contribution in [0.5, 0.6) is 0 Å². The van der Waals surface area contributed by atoms with E-state index in [2.05, 4.69) is 46.9 Å². The Bertz CT molecular complexity index is 408. The summed E-state index contributed by atoms with van der Waals surface area (Å²) in [5.41, 5.74) is 5.62. The number of benzene rings is 1. The van der Waals surface area contributed by atoms with E-state index in [9.17, 15) is 0 Å². The van der Waals surface area contributed by atoms with Crippen LogP contribution < -0.4 is 5.73 Å². The standard InChI is InChI=1S/C9H8INS/c10-9-6-3-1-2-4-7(6)12-8(9)5-11/h1-4H,5,11H2. The number of thiophene rings is 1. The zero-order valence-corrected chi connectivity index (χ0v) is 9.35. The van der Waals surface area contributed by atoms with E-state index < -0.39 is 0 Å². The van der Waals surface area contributed by atoms with Gasteiger partial charge in [0.2, 0.25) is 0 Å². The molecule has 0 saturated heterocycles. The fourth-order valence-electron chi connectivity index (χ4n) is 1.20. The molecule has 0 aliphatic rings. The third-order valence-electron chi connectivity index (χ3n) is 1.79. The maximum atomic E-state index is 5.62. The van der Waals surface area contributed by atoms with Crippen molar-refractivity contribution >= 4 is 44.0 Å². The van der Waals surface area contributed by atoms with Crippen LogP contribution in [0.15, 0.2) is 24.3 Å². The average molecular weight is 289 g/mol. The van der Waals surface area contributed by atoms with Gasteiger partial charge in [-0.1, -0.05) is 18.2 Å². The monoisotopic (exact) mass is 289 g/mol. The van der Waals surface area contributed by atoms with Crippen LogP contribution in [0, 0.1) is 3.57 Å². The van der Waals surface area contributed by atoms with Gasteiger partial charge in [-0.05, 0) is 28.7 Å². The molecule has 0 spiro atoms. The lowest BCUT2D eigenvalue weighted by atomic mass is 10.2. The van der Waals surface area contributed by atoms with Crippen molar-refractivity contribution in [2.75, 3.05) is 0 Å². The molecule has 0 amide bonds. The van der Waals surface area contributed by atoms with Crippen LogP contribution in [0.1, 0.15) is 4.88 Å². The summed E-state index contributed by atoms with van der Waals surface area (Å²) in [5.74, 6) is 0. The summed E-state index contributed by atoms with van der Waals surface area (Å²) in [5, 5.41) is 1.34. The highest BCUT2D eigenvalue weighted by molar-refractivity contribution is 14.1. The van der Waals surface area contributed by atoms with Gasteiger partial charge in [-0.2, -0.15) is 0 Å². The normalized spacial score (nSPS) is 10.8. The topological polar surface area (TPSA) is 26.0 Å². The van der Waals surface area contributed by atoms with Gasteiger partial charge in [0.25, 0.3) is 0 Å². The molecule has 0 aliphatic heterocycles. The average Bonchev–Trinajstić information content (AvgIpc) is 2.44. The first-order chi connectivity index (χ1) is 5.83. The van der Waals surface area contributed by atoms with Gasteiger partial charge >= 0.3 is 0 Å². The first kappa shape index (κ1) is 8.47. The number of fused-ring (bicyclic) bond motifs is 1. The lowest BCUT2D eigenvalue weighted by Crippen LogP contribution is -1.93. The Morgan fingerprint density at radius 3 is 2.75 bits per heavy atom. The molecular weight excluding hydrogens is 281 g/mol. The van der Waals surface area contributed by atoms with Crippen molar-refractivity contribution < 1.29 is 0 Å². The largest absolute Gasteiger partial charge is 0.326 e. The Labute approximate surface area is 88.7 Å². The number of hydrogen-bond acceptors (Lipinski definition) is 2. The van der Waals surface area contributed by atoms with Crippen molar-refractivity contribution in [2.45, 2.75) is 6.54 Å². The van der Waals surface area contributed by atoms with Gasteiger partial charge in [0.15, 0.2) is 0 Å². The van der Waals surface area contributed by atoms with E-state index >= 15 is 0 Å². The SMILES string of the molecule is NCc1sc2ccccc2c1I. The number of hydrogen-bond donors (Lipinski definition) is 1. The van der Waals surface area contributed by atoms with E-state index in [4.69, 9.17) is 5.73 Å². The van der Waals surface area contributed by atoms with Crippen LogP contribution in [0.3, 0.4) is 0 Å². The first-order valence-corrected chi connectivity index (χ1v) is 5.58. The molecule has 2 aromatic rings. The van der Waals surface area contributed by atoms with Crippen LogP contribution in [0.2, 0.25) is 0 Å². The molecule has 0 unspecified atom stereocenters. The lowest BCUT2D eigenvalue weighted by molar-refractivity contribution is 1.10. The molecule has 2 rings (SSSR count). The van der Waals surface area contributed by atoms with E-state index in [1.807, 2.05) is 0 Å². The van der Waals surface area contributed by atoms with Gasteiger partial charge < -0.3 is 5.73 Å². The van der Waals surface area contributed by atoms with Crippen LogP contribution in [0.4, 0.5) is 0 Å². The van der Waals surface area contributed by atoms with E-state index in [-0.39, 0.29) is 0 Å². The van der Waals surface area contributed by atoms with Crippen molar-refractivity contribution in [2.24, 2.45) is 5.73 Å². The highest BCUT2D eigenvalue weighted by Crippen LogP contribution is 2.31. The minimum Gasteiger partial charge on any atom is -0.326 e. The van der Waals surface area contributed by atoms with Gasteiger partial charge in [-0.15, -0.1) is 11.3 Å². The number of rotatable bonds is 1. The van der Waals surface area contributed by atoms with E-state index in [0.717, 1.165) is 0 Å². The summed E-state index contributed by atoms with van der Waals surface area (Å²) in [7, 11) is 0. The van der Waals surface area contributed by atoms with E-state index in [1.165, 1.54) is 18.5 Å². The number of halogens is 1. The molecule has 1 aromatic heterocycles. The second-order valence-corrected chi connectivity index (χ2v) is 4.76. The third-order valence-corrected chi connectivity index (χ3v) is 4.58. The van der Waals surface area contributed by atoms with Gasteiger partial charge in [-0.25, -0.2) is 0 Å². The fourth-order valence-corrected chi connectivity index (χ4v) is 3.37. The number of nitrogens with two attached hydrogens (primary N) is 1. The molecule has 0 atom stereocenters. The fraction of sp³-hybridized carbons (Fsp3) is 0.111. The Morgan fingerprint density at radius 1 is 1.33 bits per heavy atom. The molecule has 0 bridgehead atoms. The molecule has 0 fully saturated rings. The molecule has 0 aliphatic carbocycles. The minimum absolute atomic E-state index is 0.650. The second-order valence-electron chi connectivity index (χ2n) is 2.54. The van der Waals surface area contributed by atoms with Crippen molar-refractivity contribution in [3.8, 4) is 0 Å². The smallest absolute Gasteiger partial charge is 0.0361 e. The van der Waals surface area contributed by atoms with Gasteiger partial charge in [0.05, 0.1) is 0 Å². The summed E-state index contributed by atoms with van der Waals surface area (Å²) in [6, 6.07) is 8.42. The predicted molar refractivity (Wildman–Crippen MR) is 62.4 cm³/mol. The maximum absolute atomic E-state index is 5.62. The molecular formula is C9H8INS. The molecule has 1 aromatic carbocycles. The van der Waals surface area contributed by atoms with Crippen molar-refractivity contribution in [3.63, 3.8) is 0 Å². The van der Waals surface area contributed by atoms with E-state index in [1.54, 1.807) is 11.3 Å². The van der Waals surface area contributed by atoms with Crippen molar-refractivity contribution in [1.29, 1.82) is 0 Å². The van der Waals surface area contributed by atoms with E-state index in [0.29, 0.717) is 6.54 Å². The van der Waals surface area contributed by atoms with Crippen LogP contribution in [-0.2, 0) is 6.54 Å². The van der Waals surface area contributed by atoms with Crippen LogP contribution >= 0.6 is 33.9 Å². The molecule has 62 valence electrons. The Hall–Kier alpha value is -0.130. The Kier molecular flexibility index (Phi) is 2.34. The van der Waals surface area contributed by atoms with Gasteiger partial charge in [-0.3, -0.25) is 0 Å². The summed E-state index contributed by atoms with van der Waals surface area (Å²) >= 11 is 4.16.